The Labute approximate surface area is 282 Å². The highest BCUT2D eigenvalue weighted by atomic mass is 32.1. The molecular weight excluding hydrogens is 622 g/mol. The van der Waals surface area contributed by atoms with Crippen molar-refractivity contribution in [3.8, 4) is 0 Å². The van der Waals surface area contributed by atoms with Crippen LogP contribution in [0.25, 0.3) is 0 Å². The summed E-state index contributed by atoms with van der Waals surface area (Å²) in [6.07, 6.45) is 7.82. The van der Waals surface area contributed by atoms with Gasteiger partial charge in [-0.15, -0.1) is 11.3 Å². The maximum absolute atomic E-state index is 14.1. The number of rotatable bonds is 21. The highest BCUT2D eigenvalue weighted by Gasteiger charge is 2.37. The number of benzene rings is 1. The number of alkyl carbamates (subject to hydrolysis) is 1. The Hall–Kier alpha value is -3.55. The van der Waals surface area contributed by atoms with E-state index in [0.29, 0.717) is 63.2 Å². The van der Waals surface area contributed by atoms with Crippen molar-refractivity contribution >= 4 is 40.8 Å². The van der Waals surface area contributed by atoms with Gasteiger partial charge < -0.3 is 25.4 Å². The van der Waals surface area contributed by atoms with Gasteiger partial charge in [0.1, 0.15) is 12.6 Å². The predicted octanol–water partition coefficient (Wildman–Crippen LogP) is 5.80. The van der Waals surface area contributed by atoms with Crippen LogP contribution in [0.2, 0.25) is 0 Å². The zero-order valence-corrected chi connectivity index (χ0v) is 28.7. The first-order chi connectivity index (χ1) is 22.8. The van der Waals surface area contributed by atoms with Crippen molar-refractivity contribution in [1.29, 1.82) is 0 Å². The molecule has 1 saturated heterocycles. The van der Waals surface area contributed by atoms with Gasteiger partial charge in [-0.1, -0.05) is 63.9 Å². The van der Waals surface area contributed by atoms with Gasteiger partial charge in [0.15, 0.2) is 11.4 Å². The van der Waals surface area contributed by atoms with Crippen LogP contribution in [-0.4, -0.2) is 65.9 Å². The lowest BCUT2D eigenvalue weighted by molar-refractivity contribution is -0.290. The highest BCUT2D eigenvalue weighted by molar-refractivity contribution is 7.13. The summed E-state index contributed by atoms with van der Waals surface area (Å²) in [5.41, 5.74) is 0.894. The van der Waals surface area contributed by atoms with Crippen LogP contribution >= 0.6 is 11.3 Å². The number of ether oxygens (including phenoxy) is 2. The molecule has 1 aromatic heterocycles. The summed E-state index contributed by atoms with van der Waals surface area (Å²) in [6.45, 7) is 7.23. The van der Waals surface area contributed by atoms with Gasteiger partial charge in [-0.2, -0.15) is 0 Å². The van der Waals surface area contributed by atoms with Crippen LogP contribution in [-0.2, 0) is 35.3 Å². The van der Waals surface area contributed by atoms with Crippen LogP contribution in [0.4, 0.5) is 9.93 Å². The summed E-state index contributed by atoms with van der Waals surface area (Å²) >= 11 is 1.29. The molecule has 1 aliphatic rings. The fourth-order valence-electron chi connectivity index (χ4n) is 5.42. The third-order valence-corrected chi connectivity index (χ3v) is 8.93. The summed E-state index contributed by atoms with van der Waals surface area (Å²) in [4.78, 5) is 62.2. The number of thiazole rings is 1. The zero-order chi connectivity index (χ0) is 33.9. The molecule has 3 rings (SSSR count). The molecule has 0 aliphatic carbocycles. The maximum atomic E-state index is 14.1. The number of amides is 4. The number of unbranched alkanes of at least 4 members (excludes halogenated alkanes) is 1. The van der Waals surface area contributed by atoms with Crippen molar-refractivity contribution < 1.29 is 33.5 Å². The van der Waals surface area contributed by atoms with Gasteiger partial charge in [-0.25, -0.2) is 19.7 Å². The largest absolute Gasteiger partial charge is 0.445 e. The molecule has 0 spiro atoms. The van der Waals surface area contributed by atoms with E-state index in [1.165, 1.54) is 16.4 Å². The van der Waals surface area contributed by atoms with Crippen LogP contribution in [0.5, 0.6) is 0 Å². The quantitative estimate of drug-likeness (QED) is 0.0856. The Morgan fingerprint density at radius 2 is 1.94 bits per heavy atom. The molecule has 47 heavy (non-hydrogen) atoms. The summed E-state index contributed by atoms with van der Waals surface area (Å²) < 4.78 is 11.0. The van der Waals surface area contributed by atoms with Crippen molar-refractivity contribution in [3.05, 3.63) is 47.5 Å². The minimum atomic E-state index is -0.856. The lowest BCUT2D eigenvalue weighted by atomic mass is 9.85. The predicted molar refractivity (Wildman–Crippen MR) is 180 cm³/mol. The summed E-state index contributed by atoms with van der Waals surface area (Å²) in [5, 5.41) is 12.0. The first-order valence-corrected chi connectivity index (χ1v) is 17.7. The molecular formula is C34H51N5O7S. The third-order valence-electron chi connectivity index (χ3n) is 8.24. The molecule has 4 amide bonds. The molecule has 0 bridgehead atoms. The minimum Gasteiger partial charge on any atom is -0.445 e. The molecule has 1 fully saturated rings. The first kappa shape index (κ1) is 37.9. The Morgan fingerprint density at radius 3 is 2.60 bits per heavy atom. The van der Waals surface area contributed by atoms with Gasteiger partial charge in [-0.3, -0.25) is 14.4 Å². The van der Waals surface area contributed by atoms with Gasteiger partial charge >= 0.3 is 6.09 Å². The normalized spacial score (nSPS) is 17.0. The molecule has 1 aromatic carbocycles. The number of nitrogens with zero attached hydrogens (tertiary/aromatic N) is 2. The summed E-state index contributed by atoms with van der Waals surface area (Å²) in [7, 11) is 0. The second-order valence-electron chi connectivity index (χ2n) is 12.0. The van der Waals surface area contributed by atoms with E-state index in [0.717, 1.165) is 31.2 Å². The molecule has 3 N–H and O–H groups in total. The lowest BCUT2D eigenvalue weighted by Gasteiger charge is -2.37. The van der Waals surface area contributed by atoms with Crippen molar-refractivity contribution in [2.24, 2.45) is 11.8 Å². The fraction of sp³-hybridized carbons (Fsp3) is 0.618. The van der Waals surface area contributed by atoms with Crippen molar-refractivity contribution in [3.63, 3.8) is 0 Å². The number of nitrogens with one attached hydrogen (secondary N) is 3. The van der Waals surface area contributed by atoms with E-state index < -0.39 is 30.4 Å². The third kappa shape index (κ3) is 13.6. The SMILES string of the molecule is CCC[C@@H]([C@@H](CC(C)CC)C(=O)N[C@@H](CCCCNC(=O)OCc1ccccc1)C(=O)Nc1nccs1)N(C=O)OC1CCCCO1. The molecule has 2 unspecified atom stereocenters. The fourth-order valence-corrected chi connectivity index (χ4v) is 5.95. The topological polar surface area (TPSA) is 148 Å². The Balaban J connectivity index is 1.66. The monoisotopic (exact) mass is 673 g/mol. The van der Waals surface area contributed by atoms with E-state index in [2.05, 4.69) is 34.8 Å². The number of aromatic nitrogens is 1. The Bertz CT molecular complexity index is 1200. The van der Waals surface area contributed by atoms with Crippen LogP contribution in [0.3, 0.4) is 0 Å². The summed E-state index contributed by atoms with van der Waals surface area (Å²) in [6, 6.07) is 8.03. The first-order valence-electron chi connectivity index (χ1n) is 16.8. The molecule has 0 radical (unpaired) electrons. The van der Waals surface area contributed by atoms with Crippen LogP contribution in [0, 0.1) is 11.8 Å². The maximum Gasteiger partial charge on any atom is 0.407 e. The number of anilines is 1. The smallest absolute Gasteiger partial charge is 0.407 e. The molecule has 2 heterocycles. The van der Waals surface area contributed by atoms with Crippen molar-refractivity contribution in [1.82, 2.24) is 20.7 Å². The molecule has 13 heteroatoms. The van der Waals surface area contributed by atoms with Gasteiger partial charge in [-0.05, 0) is 56.4 Å². The Morgan fingerprint density at radius 1 is 1.13 bits per heavy atom. The molecule has 1 aliphatic heterocycles. The lowest BCUT2D eigenvalue weighted by Crippen LogP contribution is -2.52. The minimum absolute atomic E-state index is 0.175. The second kappa shape index (κ2) is 21.3. The van der Waals surface area contributed by atoms with Gasteiger partial charge in [0.25, 0.3) is 0 Å². The van der Waals surface area contributed by atoms with E-state index >= 15 is 0 Å². The molecule has 0 saturated carbocycles. The average Bonchev–Trinajstić information content (AvgIpc) is 3.61. The van der Waals surface area contributed by atoms with E-state index in [-0.39, 0.29) is 24.3 Å². The average molecular weight is 674 g/mol. The zero-order valence-electron chi connectivity index (χ0n) is 27.9. The van der Waals surface area contributed by atoms with E-state index in [9.17, 15) is 19.2 Å². The van der Waals surface area contributed by atoms with Crippen molar-refractivity contribution in [2.75, 3.05) is 18.5 Å². The van der Waals surface area contributed by atoms with E-state index in [4.69, 9.17) is 14.3 Å². The van der Waals surface area contributed by atoms with E-state index in [1.807, 2.05) is 37.3 Å². The number of hydrogen-bond donors (Lipinski definition) is 3. The number of hydrogen-bond acceptors (Lipinski definition) is 9. The second-order valence-corrected chi connectivity index (χ2v) is 12.8. The molecule has 12 nitrogen and oxygen atoms in total. The van der Waals surface area contributed by atoms with Crippen molar-refractivity contribution in [2.45, 2.75) is 110 Å². The van der Waals surface area contributed by atoms with Crippen LogP contribution < -0.4 is 16.0 Å². The van der Waals surface area contributed by atoms with Gasteiger partial charge in [0, 0.05) is 31.1 Å². The number of carbonyl (C=O) groups excluding carboxylic acids is 4. The number of carbonyl (C=O) groups is 4. The van der Waals surface area contributed by atoms with Crippen LogP contribution in [0.15, 0.2) is 41.9 Å². The van der Waals surface area contributed by atoms with Gasteiger partial charge in [0.2, 0.25) is 18.2 Å². The number of hydroxylamine groups is 2. The highest BCUT2D eigenvalue weighted by Crippen LogP contribution is 2.27. The van der Waals surface area contributed by atoms with Crippen LogP contribution in [0.1, 0.15) is 90.5 Å². The molecule has 5 atom stereocenters. The van der Waals surface area contributed by atoms with E-state index in [1.54, 1.807) is 11.6 Å². The summed E-state index contributed by atoms with van der Waals surface area (Å²) in [5.74, 6) is -1.11. The molecule has 260 valence electrons. The molecule has 2 aromatic rings. The van der Waals surface area contributed by atoms with Gasteiger partial charge in [0.05, 0.1) is 12.0 Å². The Kier molecular flexibility index (Phi) is 17.2. The standard InChI is InChI=1S/C34H51N5O7S/c1-4-13-29(39(24-40)46-30-17-10-12-20-44-30)27(22-25(3)5-2)31(41)37-28(32(42)38-33-35-19-21-47-33)16-9-11-18-36-34(43)45-23-26-14-7-6-8-15-26/h6-8,14-15,19,21,24-25,27-30H,4-5,9-13,16-18,20,22-23H2,1-3H3,(H,36,43)(H,37,41)(H,35,38,42)/t25?,27-,28+,29+,30?/m1/s1.